The lowest BCUT2D eigenvalue weighted by Crippen LogP contribution is -2.48. The van der Waals surface area contributed by atoms with Gasteiger partial charge in [-0.2, -0.15) is 0 Å². The van der Waals surface area contributed by atoms with Crippen LogP contribution in [0.25, 0.3) is 11.3 Å². The van der Waals surface area contributed by atoms with Crippen LogP contribution in [0.1, 0.15) is 16.1 Å². The molecule has 1 unspecified atom stereocenters. The van der Waals surface area contributed by atoms with Gasteiger partial charge in [0.25, 0.3) is 5.91 Å². The van der Waals surface area contributed by atoms with Crippen molar-refractivity contribution >= 4 is 11.8 Å². The zero-order valence-electron chi connectivity index (χ0n) is 17.7. The Balaban J connectivity index is 1.19. The van der Waals surface area contributed by atoms with Gasteiger partial charge in [-0.15, -0.1) is 0 Å². The molecule has 3 aromatic rings. The first kappa shape index (κ1) is 21.7. The Morgan fingerprint density at radius 1 is 1.03 bits per heavy atom. The van der Waals surface area contributed by atoms with E-state index in [1.807, 2.05) is 48.5 Å². The van der Waals surface area contributed by atoms with Crippen LogP contribution in [0.2, 0.25) is 0 Å². The molecule has 4 rings (SSSR count). The first-order chi connectivity index (χ1) is 15.7. The fourth-order valence-electron chi connectivity index (χ4n) is 3.55. The number of nitrogens with one attached hydrogen (secondary N) is 2. The number of rotatable bonds is 8. The minimum absolute atomic E-state index is 0.0870. The van der Waals surface area contributed by atoms with Crippen molar-refractivity contribution in [2.75, 3.05) is 32.8 Å². The van der Waals surface area contributed by atoms with Crippen LogP contribution in [0.15, 0.2) is 71.3 Å². The number of hydrogen-bond acceptors (Lipinski definition) is 6. The number of carbonyl (C=O) groups excluding carboxylic acids is 2. The summed E-state index contributed by atoms with van der Waals surface area (Å²) >= 11 is 0. The van der Waals surface area contributed by atoms with Gasteiger partial charge in [0, 0.05) is 37.8 Å². The predicted molar refractivity (Wildman–Crippen MR) is 119 cm³/mol. The summed E-state index contributed by atoms with van der Waals surface area (Å²) in [6.07, 6.45) is -0.0870. The number of aromatic nitrogens is 1. The first-order valence-electron chi connectivity index (χ1n) is 10.6. The van der Waals surface area contributed by atoms with Crippen molar-refractivity contribution in [3.8, 4) is 11.3 Å². The number of benzene rings is 2. The summed E-state index contributed by atoms with van der Waals surface area (Å²) in [6.45, 7) is 3.32. The van der Waals surface area contributed by atoms with Gasteiger partial charge in [-0.1, -0.05) is 65.8 Å². The molecule has 0 aliphatic carbocycles. The quantitative estimate of drug-likeness (QED) is 0.564. The second-order valence-corrected chi connectivity index (χ2v) is 7.64. The van der Waals surface area contributed by atoms with Gasteiger partial charge >= 0.3 is 0 Å². The van der Waals surface area contributed by atoms with Crippen molar-refractivity contribution in [3.63, 3.8) is 0 Å². The third-order valence-electron chi connectivity index (χ3n) is 5.21. The topological polar surface area (TPSA) is 96.7 Å². The van der Waals surface area contributed by atoms with Gasteiger partial charge in [-0.05, 0) is 5.56 Å². The van der Waals surface area contributed by atoms with E-state index in [0.29, 0.717) is 18.9 Å². The van der Waals surface area contributed by atoms with Crippen LogP contribution in [0.4, 0.5) is 0 Å². The molecule has 2 aromatic carbocycles. The summed E-state index contributed by atoms with van der Waals surface area (Å²) in [4.78, 5) is 26.8. The van der Waals surface area contributed by atoms with Gasteiger partial charge in [-0.25, -0.2) is 0 Å². The Labute approximate surface area is 186 Å². The van der Waals surface area contributed by atoms with Crippen molar-refractivity contribution in [2.45, 2.75) is 12.6 Å². The van der Waals surface area contributed by atoms with E-state index in [1.54, 1.807) is 6.07 Å². The maximum atomic E-state index is 12.3. The minimum atomic E-state index is -0.464. The normalized spacial score (nSPS) is 16.4. The first-order valence-corrected chi connectivity index (χ1v) is 10.6. The molecule has 0 bridgehead atoms. The number of morpholine rings is 1. The van der Waals surface area contributed by atoms with Crippen LogP contribution in [0.5, 0.6) is 0 Å². The second-order valence-electron chi connectivity index (χ2n) is 7.64. The van der Waals surface area contributed by atoms with E-state index in [0.717, 1.165) is 25.2 Å². The van der Waals surface area contributed by atoms with E-state index in [9.17, 15) is 9.59 Å². The molecule has 1 atom stereocenters. The van der Waals surface area contributed by atoms with E-state index in [1.165, 1.54) is 5.56 Å². The van der Waals surface area contributed by atoms with Crippen LogP contribution in [-0.2, 0) is 16.1 Å². The highest BCUT2D eigenvalue weighted by atomic mass is 16.5. The molecule has 2 N–H and O–H groups in total. The van der Waals surface area contributed by atoms with E-state index in [4.69, 9.17) is 9.26 Å². The fourth-order valence-corrected chi connectivity index (χ4v) is 3.55. The van der Waals surface area contributed by atoms with E-state index in [2.05, 4.69) is 32.8 Å². The molecule has 1 saturated heterocycles. The standard InChI is InChI=1S/C24H26N4O4/c29-23(15-26-24(30)21-13-22(32-27-21)19-9-5-2-6-10-19)25-14-20-17-28(11-12-31-20)16-18-7-3-1-4-8-18/h1-10,13,20H,11-12,14-17H2,(H,25,29)(H,26,30). The summed E-state index contributed by atoms with van der Waals surface area (Å²) in [5.74, 6) is -0.252. The van der Waals surface area contributed by atoms with Crippen molar-refractivity contribution in [1.29, 1.82) is 0 Å². The van der Waals surface area contributed by atoms with Gasteiger partial charge in [0.1, 0.15) is 0 Å². The van der Waals surface area contributed by atoms with Gasteiger partial charge in [-0.3, -0.25) is 14.5 Å². The lowest BCUT2D eigenvalue weighted by atomic mass is 10.1. The largest absolute Gasteiger partial charge is 0.374 e. The number of carbonyl (C=O) groups is 2. The lowest BCUT2D eigenvalue weighted by molar-refractivity contribution is -0.121. The highest BCUT2D eigenvalue weighted by Gasteiger charge is 2.21. The molecule has 0 saturated carbocycles. The van der Waals surface area contributed by atoms with E-state index in [-0.39, 0.29) is 24.2 Å². The molecule has 1 aromatic heterocycles. The van der Waals surface area contributed by atoms with Crippen LogP contribution in [0.3, 0.4) is 0 Å². The molecule has 8 heteroatoms. The maximum absolute atomic E-state index is 12.3. The Morgan fingerprint density at radius 2 is 1.78 bits per heavy atom. The Morgan fingerprint density at radius 3 is 2.56 bits per heavy atom. The molecule has 2 amide bonds. The van der Waals surface area contributed by atoms with E-state index < -0.39 is 5.91 Å². The third-order valence-corrected chi connectivity index (χ3v) is 5.21. The average molecular weight is 434 g/mol. The molecule has 166 valence electrons. The molecule has 32 heavy (non-hydrogen) atoms. The smallest absolute Gasteiger partial charge is 0.273 e. The second kappa shape index (κ2) is 10.7. The monoisotopic (exact) mass is 434 g/mol. The maximum Gasteiger partial charge on any atom is 0.273 e. The lowest BCUT2D eigenvalue weighted by Gasteiger charge is -2.33. The third kappa shape index (κ3) is 6.03. The van der Waals surface area contributed by atoms with Crippen molar-refractivity contribution in [3.05, 3.63) is 78.0 Å². The number of ether oxygens (including phenoxy) is 1. The predicted octanol–water partition coefficient (Wildman–Crippen LogP) is 2.09. The molecule has 0 radical (unpaired) electrons. The summed E-state index contributed by atoms with van der Waals surface area (Å²) in [5.41, 5.74) is 2.21. The van der Waals surface area contributed by atoms with Crippen molar-refractivity contribution in [2.24, 2.45) is 0 Å². The molecule has 1 aliphatic heterocycles. The summed E-state index contributed by atoms with van der Waals surface area (Å²) in [6, 6.07) is 21.2. The molecule has 1 aliphatic rings. The number of hydrogen-bond donors (Lipinski definition) is 2. The minimum Gasteiger partial charge on any atom is -0.374 e. The molecular weight excluding hydrogens is 408 g/mol. The van der Waals surface area contributed by atoms with Crippen molar-refractivity contribution in [1.82, 2.24) is 20.7 Å². The average Bonchev–Trinajstić information content (AvgIpc) is 3.33. The molecule has 2 heterocycles. The van der Waals surface area contributed by atoms with Gasteiger partial charge in [0.15, 0.2) is 11.5 Å². The number of nitrogens with zero attached hydrogens (tertiary/aromatic N) is 2. The highest BCUT2D eigenvalue weighted by molar-refractivity contribution is 5.95. The zero-order valence-corrected chi connectivity index (χ0v) is 17.7. The van der Waals surface area contributed by atoms with Crippen molar-refractivity contribution < 1.29 is 18.8 Å². The summed E-state index contributed by atoms with van der Waals surface area (Å²) < 4.78 is 11.0. The Bertz CT molecular complexity index is 1020. The zero-order chi connectivity index (χ0) is 22.2. The highest BCUT2D eigenvalue weighted by Crippen LogP contribution is 2.19. The van der Waals surface area contributed by atoms with Crippen LogP contribution in [-0.4, -0.2) is 60.8 Å². The Hall–Kier alpha value is -3.49. The molecular formula is C24H26N4O4. The van der Waals surface area contributed by atoms with Crippen LogP contribution < -0.4 is 10.6 Å². The van der Waals surface area contributed by atoms with Crippen LogP contribution in [0, 0.1) is 0 Å². The van der Waals surface area contributed by atoms with E-state index >= 15 is 0 Å². The summed E-state index contributed by atoms with van der Waals surface area (Å²) in [7, 11) is 0. The van der Waals surface area contributed by atoms with Crippen LogP contribution >= 0.6 is 0 Å². The van der Waals surface area contributed by atoms with Gasteiger partial charge in [0.05, 0.1) is 19.3 Å². The molecule has 8 nitrogen and oxygen atoms in total. The molecule has 1 fully saturated rings. The van der Waals surface area contributed by atoms with Gasteiger partial charge < -0.3 is 19.9 Å². The molecule has 0 spiro atoms. The number of amides is 2. The Kier molecular flexibility index (Phi) is 7.27. The fraction of sp³-hybridized carbons (Fsp3) is 0.292. The van der Waals surface area contributed by atoms with Gasteiger partial charge in [0.2, 0.25) is 5.91 Å². The summed E-state index contributed by atoms with van der Waals surface area (Å²) in [5, 5.41) is 9.18. The SMILES string of the molecule is O=C(CNC(=O)c1cc(-c2ccccc2)on1)NCC1CN(Cc2ccccc2)CCO1.